The summed E-state index contributed by atoms with van der Waals surface area (Å²) in [5.41, 5.74) is 0.254. The molecule has 2 amide bonds. The Hall–Kier alpha value is -2.92. The molecule has 12 heteroatoms. The van der Waals surface area contributed by atoms with Crippen LogP contribution in [-0.2, 0) is 14.4 Å². The van der Waals surface area contributed by atoms with Crippen LogP contribution >= 0.6 is 23.4 Å². The van der Waals surface area contributed by atoms with E-state index < -0.39 is 23.4 Å². The number of phenols is 2. The van der Waals surface area contributed by atoms with E-state index in [2.05, 4.69) is 10.5 Å². The number of carbonyl (C=O) groups excluding carboxylic acids is 2. The van der Waals surface area contributed by atoms with Gasteiger partial charge in [-0.3, -0.25) is 14.5 Å². The normalized spacial score (nSPS) is 18.4. The first-order chi connectivity index (χ1) is 13.8. The van der Waals surface area contributed by atoms with Crippen LogP contribution in [0, 0.1) is 0 Å². The second-order valence-electron chi connectivity index (χ2n) is 6.03. The Balaban J connectivity index is 1.51. The first kappa shape index (κ1) is 20.8. The van der Waals surface area contributed by atoms with Crippen molar-refractivity contribution in [3.05, 3.63) is 34.0 Å². The van der Waals surface area contributed by atoms with Crippen molar-refractivity contribution in [2.75, 3.05) is 18.9 Å². The number of nitrogens with one attached hydrogen (secondary N) is 1. The maximum atomic E-state index is 12.0. The number of amides is 2. The van der Waals surface area contributed by atoms with Crippen LogP contribution in [0.2, 0.25) is 5.02 Å². The summed E-state index contributed by atoms with van der Waals surface area (Å²) in [6.45, 7) is 0.0401. The molecule has 2 aliphatic heterocycles. The van der Waals surface area contributed by atoms with Gasteiger partial charge in [0.2, 0.25) is 5.91 Å². The van der Waals surface area contributed by atoms with Gasteiger partial charge >= 0.3 is 5.97 Å². The smallest absolute Gasteiger partial charge is 0.353 e. The van der Waals surface area contributed by atoms with Crippen molar-refractivity contribution in [3.63, 3.8) is 0 Å². The molecule has 1 atom stereocenters. The maximum Gasteiger partial charge on any atom is 0.353 e. The van der Waals surface area contributed by atoms with Crippen LogP contribution in [-0.4, -0.2) is 68.5 Å². The average Bonchev–Trinajstić information content (AvgIpc) is 2.68. The zero-order chi connectivity index (χ0) is 21.1. The third kappa shape index (κ3) is 4.25. The number of phenolic OH excluding ortho intramolecular Hbond substituents is 2. The second-order valence-corrected chi connectivity index (χ2v) is 7.58. The molecule has 1 aromatic carbocycles. The molecule has 154 valence electrons. The van der Waals surface area contributed by atoms with Crippen molar-refractivity contribution in [1.82, 2.24) is 10.2 Å². The Morgan fingerprint density at radius 3 is 2.86 bits per heavy atom. The Kier molecular flexibility index (Phi) is 6.18. The lowest BCUT2D eigenvalue weighted by Crippen LogP contribution is -2.54. The van der Waals surface area contributed by atoms with E-state index in [1.165, 1.54) is 28.9 Å². The molecule has 1 fully saturated rings. The first-order valence-electron chi connectivity index (χ1n) is 8.35. The van der Waals surface area contributed by atoms with E-state index in [1.54, 1.807) is 0 Å². The van der Waals surface area contributed by atoms with E-state index in [1.807, 2.05) is 0 Å². The van der Waals surface area contributed by atoms with E-state index in [4.69, 9.17) is 16.4 Å². The number of carboxylic acid groups (broad SMARTS) is 1. The largest absolute Gasteiger partial charge is 0.504 e. The predicted octanol–water partition coefficient (Wildman–Crippen LogP) is 1.13. The highest BCUT2D eigenvalue weighted by molar-refractivity contribution is 8.00. The van der Waals surface area contributed by atoms with E-state index in [0.717, 1.165) is 6.07 Å². The van der Waals surface area contributed by atoms with Gasteiger partial charge in [0.25, 0.3) is 5.91 Å². The molecule has 1 aromatic rings. The van der Waals surface area contributed by atoms with Gasteiger partial charge in [0.05, 0.1) is 35.1 Å². The number of nitrogens with zero attached hydrogens (tertiary/aromatic N) is 2. The molecule has 2 aliphatic rings. The lowest BCUT2D eigenvalue weighted by molar-refractivity contribution is -0.146. The molecule has 29 heavy (non-hydrogen) atoms. The summed E-state index contributed by atoms with van der Waals surface area (Å²) in [6, 6.07) is 2.40. The quantitative estimate of drug-likeness (QED) is 0.162. The number of fused-ring (bicyclic) bond motifs is 1. The van der Waals surface area contributed by atoms with Crippen LogP contribution in [0.5, 0.6) is 11.5 Å². The number of carboxylic acids is 1. The number of hydrogen-bond acceptors (Lipinski definition) is 8. The molecule has 4 N–H and O–H groups in total. The molecule has 10 nitrogen and oxygen atoms in total. The number of halogens is 1. The van der Waals surface area contributed by atoms with Crippen molar-refractivity contribution in [1.29, 1.82) is 0 Å². The Morgan fingerprint density at radius 2 is 2.17 bits per heavy atom. The van der Waals surface area contributed by atoms with Gasteiger partial charge in [0.1, 0.15) is 12.3 Å². The van der Waals surface area contributed by atoms with E-state index in [9.17, 15) is 29.7 Å². The van der Waals surface area contributed by atoms with Crippen molar-refractivity contribution >= 4 is 47.4 Å². The van der Waals surface area contributed by atoms with Crippen LogP contribution in [0.3, 0.4) is 0 Å². The summed E-state index contributed by atoms with van der Waals surface area (Å²) in [5, 5.41) is 34.0. The summed E-state index contributed by atoms with van der Waals surface area (Å²) < 4.78 is 0. The molecule has 1 unspecified atom stereocenters. The van der Waals surface area contributed by atoms with Crippen molar-refractivity contribution in [2.45, 2.75) is 11.8 Å². The standard InChI is InChI=1S/C17H16ClN3O7S/c18-13-9(1-2-10(22)15(13)24)16(25)19-3-4-28-20-6-8-7-29-12-5-11(23)21(12)14(8)17(26)27/h1-2,6,12,22,24H,3-5,7H2,(H,19,25)(H,26,27). The number of aromatic hydroxyl groups is 2. The zero-order valence-electron chi connectivity index (χ0n) is 14.8. The Bertz CT molecular complexity index is 934. The minimum absolute atomic E-state index is 0.0159. The monoisotopic (exact) mass is 441 g/mol. The highest BCUT2D eigenvalue weighted by atomic mass is 35.5. The topological polar surface area (TPSA) is 149 Å². The van der Waals surface area contributed by atoms with Gasteiger partial charge in [-0.05, 0) is 12.1 Å². The van der Waals surface area contributed by atoms with Gasteiger partial charge in [0, 0.05) is 11.3 Å². The van der Waals surface area contributed by atoms with Gasteiger partial charge < -0.3 is 25.5 Å². The summed E-state index contributed by atoms with van der Waals surface area (Å²) in [4.78, 5) is 41.4. The first-order valence-corrected chi connectivity index (χ1v) is 9.78. The zero-order valence-corrected chi connectivity index (χ0v) is 16.4. The predicted molar refractivity (Wildman–Crippen MR) is 104 cm³/mol. The van der Waals surface area contributed by atoms with E-state index >= 15 is 0 Å². The Labute approximate surface area is 173 Å². The number of oxime groups is 1. The molecule has 3 rings (SSSR count). The number of β-lactam (4-membered cyclic amide) rings is 1. The average molecular weight is 442 g/mol. The van der Waals surface area contributed by atoms with Crippen molar-refractivity contribution in [2.24, 2.45) is 5.16 Å². The van der Waals surface area contributed by atoms with Crippen LogP contribution in [0.1, 0.15) is 16.8 Å². The summed E-state index contributed by atoms with van der Waals surface area (Å²) in [6.07, 6.45) is 1.57. The lowest BCUT2D eigenvalue weighted by atomic mass is 10.1. The van der Waals surface area contributed by atoms with Crippen LogP contribution in [0.15, 0.2) is 28.6 Å². The minimum atomic E-state index is -1.20. The summed E-state index contributed by atoms with van der Waals surface area (Å²) >= 11 is 7.26. The van der Waals surface area contributed by atoms with Gasteiger partial charge in [0.15, 0.2) is 11.5 Å². The molecular formula is C17H16ClN3O7S. The van der Waals surface area contributed by atoms with Crippen LogP contribution in [0.4, 0.5) is 0 Å². The van der Waals surface area contributed by atoms with Crippen LogP contribution < -0.4 is 5.32 Å². The molecule has 0 bridgehead atoms. The van der Waals surface area contributed by atoms with Gasteiger partial charge in [-0.15, -0.1) is 11.8 Å². The molecule has 1 saturated heterocycles. The summed E-state index contributed by atoms with van der Waals surface area (Å²) in [7, 11) is 0. The minimum Gasteiger partial charge on any atom is -0.504 e. The lowest BCUT2D eigenvalue weighted by Gasteiger charge is -2.43. The second kappa shape index (κ2) is 8.62. The SMILES string of the molecule is O=C(O)C1=C(C=NOCCNC(=O)c2ccc(O)c(O)c2Cl)CSC2CC(=O)N12. The molecule has 0 radical (unpaired) electrons. The number of hydrogen-bond donors (Lipinski definition) is 4. The fourth-order valence-corrected chi connectivity index (χ4v) is 4.19. The van der Waals surface area contributed by atoms with Gasteiger partial charge in [-0.1, -0.05) is 16.8 Å². The summed E-state index contributed by atoms with van der Waals surface area (Å²) in [5.74, 6) is -2.66. The third-order valence-corrected chi connectivity index (χ3v) is 5.81. The van der Waals surface area contributed by atoms with Crippen LogP contribution in [0.25, 0.3) is 0 Å². The highest BCUT2D eigenvalue weighted by Crippen LogP contribution is 2.39. The van der Waals surface area contributed by atoms with Crippen molar-refractivity contribution < 1.29 is 34.5 Å². The molecular weight excluding hydrogens is 426 g/mol. The van der Waals surface area contributed by atoms with Gasteiger partial charge in [-0.25, -0.2) is 4.79 Å². The fourth-order valence-electron chi connectivity index (χ4n) is 2.73. The maximum absolute atomic E-state index is 12.0. The molecule has 2 heterocycles. The van der Waals surface area contributed by atoms with Gasteiger partial charge in [-0.2, -0.15) is 0 Å². The van der Waals surface area contributed by atoms with E-state index in [-0.39, 0.29) is 40.7 Å². The molecule has 0 spiro atoms. The fraction of sp³-hybridized carbons (Fsp3) is 0.294. The Morgan fingerprint density at radius 1 is 1.41 bits per heavy atom. The highest BCUT2D eigenvalue weighted by Gasteiger charge is 2.45. The third-order valence-electron chi connectivity index (χ3n) is 4.19. The number of benzene rings is 1. The number of aliphatic carboxylic acids is 1. The van der Waals surface area contributed by atoms with E-state index in [0.29, 0.717) is 17.7 Å². The number of carbonyl (C=O) groups is 3. The number of thioether (sulfide) groups is 1. The molecule has 0 aliphatic carbocycles. The number of rotatable bonds is 7. The molecule has 0 saturated carbocycles. The molecule has 0 aromatic heterocycles. The van der Waals surface area contributed by atoms with Crippen molar-refractivity contribution in [3.8, 4) is 11.5 Å².